The molecule has 0 spiro atoms. The SMILES string of the molecule is COc1ccc(C(=O)N2CCC(c3nc(-c4cccc(OC)c4)no3)CC2)cc1. The van der Waals surface area contributed by atoms with Crippen molar-refractivity contribution in [3.05, 3.63) is 60.0 Å². The summed E-state index contributed by atoms with van der Waals surface area (Å²) in [5, 5.41) is 4.12. The number of hydrogen-bond donors (Lipinski definition) is 0. The van der Waals surface area contributed by atoms with Crippen molar-refractivity contribution >= 4 is 5.91 Å². The molecule has 1 fully saturated rings. The van der Waals surface area contributed by atoms with E-state index in [1.54, 1.807) is 38.5 Å². The molecule has 0 radical (unpaired) electrons. The van der Waals surface area contributed by atoms with E-state index in [0.717, 1.165) is 29.9 Å². The van der Waals surface area contributed by atoms with Gasteiger partial charge in [0, 0.05) is 30.1 Å². The number of ether oxygens (including phenoxy) is 2. The molecule has 150 valence electrons. The Morgan fingerprint density at radius 1 is 1.03 bits per heavy atom. The first-order chi connectivity index (χ1) is 14.2. The fraction of sp³-hybridized carbons (Fsp3) is 0.318. The van der Waals surface area contributed by atoms with Gasteiger partial charge in [-0.15, -0.1) is 0 Å². The predicted molar refractivity (Wildman–Crippen MR) is 107 cm³/mol. The van der Waals surface area contributed by atoms with Gasteiger partial charge in [0.25, 0.3) is 5.91 Å². The third kappa shape index (κ3) is 4.08. The summed E-state index contributed by atoms with van der Waals surface area (Å²) in [5.41, 5.74) is 1.52. The molecule has 1 aliphatic heterocycles. The summed E-state index contributed by atoms with van der Waals surface area (Å²) < 4.78 is 15.9. The maximum absolute atomic E-state index is 12.7. The Morgan fingerprint density at radius 3 is 2.45 bits per heavy atom. The molecule has 0 bridgehead atoms. The minimum Gasteiger partial charge on any atom is -0.497 e. The second-order valence-electron chi connectivity index (χ2n) is 6.98. The second kappa shape index (κ2) is 8.34. The average Bonchev–Trinajstić information content (AvgIpc) is 3.29. The number of aromatic nitrogens is 2. The average molecular weight is 393 g/mol. The standard InChI is InChI=1S/C22H23N3O4/c1-27-18-8-6-16(7-9-18)22(26)25-12-10-15(11-13-25)21-23-20(24-29-21)17-4-3-5-19(14-17)28-2/h3-9,14-15H,10-13H2,1-2H3. The largest absolute Gasteiger partial charge is 0.497 e. The van der Waals surface area contributed by atoms with E-state index < -0.39 is 0 Å². The summed E-state index contributed by atoms with van der Waals surface area (Å²) in [6, 6.07) is 14.8. The van der Waals surface area contributed by atoms with Gasteiger partial charge in [0.05, 0.1) is 14.2 Å². The number of carbonyl (C=O) groups excluding carboxylic acids is 1. The van der Waals surface area contributed by atoms with Crippen LogP contribution >= 0.6 is 0 Å². The number of rotatable bonds is 5. The molecule has 0 aliphatic carbocycles. The molecule has 0 unspecified atom stereocenters. The van der Waals surface area contributed by atoms with Gasteiger partial charge >= 0.3 is 0 Å². The highest BCUT2D eigenvalue weighted by atomic mass is 16.5. The molecule has 1 amide bonds. The number of hydrogen-bond acceptors (Lipinski definition) is 6. The van der Waals surface area contributed by atoms with Crippen LogP contribution < -0.4 is 9.47 Å². The van der Waals surface area contributed by atoms with Crippen LogP contribution in [0.1, 0.15) is 35.0 Å². The minimum atomic E-state index is 0.0358. The molecule has 2 heterocycles. The van der Waals surface area contributed by atoms with Crippen LogP contribution in [-0.4, -0.2) is 48.3 Å². The van der Waals surface area contributed by atoms with Crippen molar-refractivity contribution in [1.29, 1.82) is 0 Å². The van der Waals surface area contributed by atoms with Gasteiger partial charge in [-0.2, -0.15) is 4.98 Å². The molecular weight excluding hydrogens is 370 g/mol. The van der Waals surface area contributed by atoms with Gasteiger partial charge in [0.2, 0.25) is 11.7 Å². The fourth-order valence-corrected chi connectivity index (χ4v) is 3.53. The first-order valence-electron chi connectivity index (χ1n) is 9.59. The van der Waals surface area contributed by atoms with E-state index in [9.17, 15) is 4.79 Å². The highest BCUT2D eigenvalue weighted by molar-refractivity contribution is 5.94. The molecular formula is C22H23N3O4. The Balaban J connectivity index is 1.39. The van der Waals surface area contributed by atoms with Crippen LogP contribution in [0, 0.1) is 0 Å². The van der Waals surface area contributed by atoms with Crippen LogP contribution in [0.3, 0.4) is 0 Å². The van der Waals surface area contributed by atoms with Crippen LogP contribution in [0.2, 0.25) is 0 Å². The summed E-state index contributed by atoms with van der Waals surface area (Å²) in [6.45, 7) is 1.32. The lowest BCUT2D eigenvalue weighted by Crippen LogP contribution is -2.37. The summed E-state index contributed by atoms with van der Waals surface area (Å²) in [5.74, 6) is 2.85. The summed E-state index contributed by atoms with van der Waals surface area (Å²) >= 11 is 0. The third-order valence-corrected chi connectivity index (χ3v) is 5.24. The van der Waals surface area contributed by atoms with Gasteiger partial charge in [0.1, 0.15) is 11.5 Å². The number of carbonyl (C=O) groups is 1. The number of piperidine rings is 1. The van der Waals surface area contributed by atoms with Gasteiger partial charge in [-0.1, -0.05) is 17.3 Å². The van der Waals surface area contributed by atoms with Crippen molar-refractivity contribution in [3.8, 4) is 22.9 Å². The smallest absolute Gasteiger partial charge is 0.253 e. The molecule has 7 nitrogen and oxygen atoms in total. The molecule has 0 atom stereocenters. The van der Waals surface area contributed by atoms with E-state index in [0.29, 0.717) is 30.4 Å². The third-order valence-electron chi connectivity index (χ3n) is 5.24. The minimum absolute atomic E-state index is 0.0358. The Bertz CT molecular complexity index is 976. The van der Waals surface area contributed by atoms with Gasteiger partial charge < -0.3 is 18.9 Å². The van der Waals surface area contributed by atoms with Gasteiger partial charge in [-0.25, -0.2) is 0 Å². The molecule has 0 saturated carbocycles. The van der Waals surface area contributed by atoms with Crippen molar-refractivity contribution in [2.75, 3.05) is 27.3 Å². The Kier molecular flexibility index (Phi) is 5.46. The van der Waals surface area contributed by atoms with Gasteiger partial charge in [-0.3, -0.25) is 4.79 Å². The molecule has 4 rings (SSSR count). The molecule has 3 aromatic rings. The van der Waals surface area contributed by atoms with E-state index in [1.165, 1.54) is 0 Å². The lowest BCUT2D eigenvalue weighted by molar-refractivity contribution is 0.0704. The van der Waals surface area contributed by atoms with Gasteiger partial charge in [0.15, 0.2) is 0 Å². The van der Waals surface area contributed by atoms with Crippen molar-refractivity contribution in [2.24, 2.45) is 0 Å². The molecule has 7 heteroatoms. The zero-order valence-corrected chi connectivity index (χ0v) is 16.5. The van der Waals surface area contributed by atoms with Crippen LogP contribution in [0.25, 0.3) is 11.4 Å². The first kappa shape index (κ1) is 19.0. The number of likely N-dealkylation sites (tertiary alicyclic amines) is 1. The van der Waals surface area contributed by atoms with Crippen molar-refractivity contribution in [2.45, 2.75) is 18.8 Å². The Hall–Kier alpha value is -3.35. The Labute approximate surface area is 169 Å². The first-order valence-corrected chi connectivity index (χ1v) is 9.59. The van der Waals surface area contributed by atoms with E-state index in [1.807, 2.05) is 29.2 Å². The summed E-state index contributed by atoms with van der Waals surface area (Å²) in [4.78, 5) is 19.2. The number of methoxy groups -OCH3 is 2. The van der Waals surface area contributed by atoms with Gasteiger partial charge in [-0.05, 0) is 49.2 Å². The molecule has 1 saturated heterocycles. The molecule has 29 heavy (non-hydrogen) atoms. The number of benzene rings is 2. The summed E-state index contributed by atoms with van der Waals surface area (Å²) in [6.07, 6.45) is 1.59. The maximum Gasteiger partial charge on any atom is 0.253 e. The van der Waals surface area contributed by atoms with E-state index in [2.05, 4.69) is 10.1 Å². The van der Waals surface area contributed by atoms with Crippen LogP contribution in [0.15, 0.2) is 53.1 Å². The molecule has 1 aliphatic rings. The predicted octanol–water partition coefficient (Wildman–Crippen LogP) is 3.77. The molecule has 0 N–H and O–H groups in total. The highest BCUT2D eigenvalue weighted by Gasteiger charge is 2.28. The number of amides is 1. The monoisotopic (exact) mass is 393 g/mol. The topological polar surface area (TPSA) is 77.7 Å². The zero-order valence-electron chi connectivity index (χ0n) is 16.5. The van der Waals surface area contributed by atoms with Crippen LogP contribution in [-0.2, 0) is 0 Å². The second-order valence-corrected chi connectivity index (χ2v) is 6.98. The van der Waals surface area contributed by atoms with Crippen LogP contribution in [0.5, 0.6) is 11.5 Å². The fourth-order valence-electron chi connectivity index (χ4n) is 3.53. The quantitative estimate of drug-likeness (QED) is 0.657. The van der Waals surface area contributed by atoms with Crippen molar-refractivity contribution in [3.63, 3.8) is 0 Å². The van der Waals surface area contributed by atoms with E-state index in [-0.39, 0.29) is 11.8 Å². The number of nitrogens with zero attached hydrogens (tertiary/aromatic N) is 3. The normalized spacial score (nSPS) is 14.6. The lowest BCUT2D eigenvalue weighted by Gasteiger charge is -2.30. The summed E-state index contributed by atoms with van der Waals surface area (Å²) in [7, 11) is 3.24. The highest BCUT2D eigenvalue weighted by Crippen LogP contribution is 2.30. The molecule has 2 aromatic carbocycles. The van der Waals surface area contributed by atoms with Crippen molar-refractivity contribution < 1.29 is 18.8 Å². The van der Waals surface area contributed by atoms with E-state index in [4.69, 9.17) is 14.0 Å². The Morgan fingerprint density at radius 2 is 1.76 bits per heavy atom. The van der Waals surface area contributed by atoms with E-state index >= 15 is 0 Å². The van der Waals surface area contributed by atoms with Crippen molar-refractivity contribution in [1.82, 2.24) is 15.0 Å². The maximum atomic E-state index is 12.7. The lowest BCUT2D eigenvalue weighted by atomic mass is 9.96. The zero-order chi connectivity index (χ0) is 20.2. The molecule has 1 aromatic heterocycles. The van der Waals surface area contributed by atoms with Crippen LogP contribution in [0.4, 0.5) is 0 Å².